The average molecular weight is 341 g/mol. The van der Waals surface area contributed by atoms with Crippen LogP contribution in [0.3, 0.4) is 0 Å². The number of benzene rings is 1. The first-order valence-corrected chi connectivity index (χ1v) is 7.16. The minimum atomic E-state index is -0.335. The van der Waals surface area contributed by atoms with Gasteiger partial charge >= 0.3 is 6.03 Å². The van der Waals surface area contributed by atoms with Gasteiger partial charge in [0.1, 0.15) is 0 Å². The zero-order chi connectivity index (χ0) is 14.5. The molecule has 0 radical (unpaired) electrons. The molecule has 1 fully saturated rings. The number of nitrogens with one attached hydrogen (secondary N) is 1. The number of hydrogen-bond donors (Lipinski definition) is 2. The third-order valence-corrected chi connectivity index (χ3v) is 3.66. The fraction of sp³-hybridized carbons (Fsp3) is 0.385. The van der Waals surface area contributed by atoms with E-state index in [4.69, 9.17) is 5.73 Å². The normalized spacial score (nSPS) is 15.9. The zero-order valence-corrected chi connectivity index (χ0v) is 12.6. The molecule has 1 aromatic rings. The van der Waals surface area contributed by atoms with E-state index < -0.39 is 0 Å². The van der Waals surface area contributed by atoms with Crippen LogP contribution in [0.2, 0.25) is 0 Å². The second-order valence-electron chi connectivity index (χ2n) is 4.67. The van der Waals surface area contributed by atoms with Crippen LogP contribution in [0.4, 0.5) is 10.5 Å². The van der Waals surface area contributed by atoms with E-state index in [2.05, 4.69) is 21.2 Å². The van der Waals surface area contributed by atoms with E-state index in [0.717, 1.165) is 10.2 Å². The number of nitrogens with two attached hydrogens (primary N) is 1. The van der Waals surface area contributed by atoms with Gasteiger partial charge < -0.3 is 16.0 Å². The van der Waals surface area contributed by atoms with Gasteiger partial charge in [0.05, 0.1) is 6.54 Å². The van der Waals surface area contributed by atoms with Crippen LogP contribution in [0, 0.1) is 0 Å². The Morgan fingerprint density at radius 3 is 2.30 bits per heavy atom. The predicted molar refractivity (Wildman–Crippen MR) is 80.4 cm³/mol. The molecular formula is C13H17BrN4O2. The van der Waals surface area contributed by atoms with Crippen molar-refractivity contribution in [2.24, 2.45) is 5.73 Å². The van der Waals surface area contributed by atoms with E-state index in [1.54, 1.807) is 4.90 Å². The Hall–Kier alpha value is -1.60. The van der Waals surface area contributed by atoms with E-state index in [-0.39, 0.29) is 18.5 Å². The van der Waals surface area contributed by atoms with E-state index in [1.807, 2.05) is 29.2 Å². The Bertz CT molecular complexity index is 484. The van der Waals surface area contributed by atoms with E-state index >= 15 is 0 Å². The number of rotatable bonds is 3. The Balaban J connectivity index is 1.82. The molecule has 1 saturated heterocycles. The Kier molecular flexibility index (Phi) is 4.97. The van der Waals surface area contributed by atoms with Gasteiger partial charge in [-0.15, -0.1) is 0 Å². The van der Waals surface area contributed by atoms with Crippen molar-refractivity contribution in [3.8, 4) is 0 Å². The van der Waals surface area contributed by atoms with Crippen molar-refractivity contribution in [1.82, 2.24) is 9.80 Å². The summed E-state index contributed by atoms with van der Waals surface area (Å²) >= 11 is 3.35. The standard InChI is InChI=1S/C13H17BrN4O2/c14-10-1-3-11(4-2-10)16-13(20)18-7-5-17(6-8-18)9-12(15)19/h1-4H,5-9H2,(H2,15,19)(H,16,20). The maximum absolute atomic E-state index is 12.1. The number of halogens is 1. The lowest BCUT2D eigenvalue weighted by molar-refractivity contribution is -0.119. The number of urea groups is 1. The Labute approximate surface area is 126 Å². The number of amides is 3. The van der Waals surface area contributed by atoms with Crippen molar-refractivity contribution in [2.75, 3.05) is 38.0 Å². The van der Waals surface area contributed by atoms with Crippen LogP contribution in [0.1, 0.15) is 0 Å². The lowest BCUT2D eigenvalue weighted by Crippen LogP contribution is -2.51. The van der Waals surface area contributed by atoms with Gasteiger partial charge in [-0.3, -0.25) is 9.69 Å². The smallest absolute Gasteiger partial charge is 0.321 e. The van der Waals surface area contributed by atoms with E-state index in [1.165, 1.54) is 0 Å². The average Bonchev–Trinajstić information content (AvgIpc) is 2.41. The second-order valence-corrected chi connectivity index (χ2v) is 5.58. The molecule has 0 spiro atoms. The maximum atomic E-state index is 12.1. The summed E-state index contributed by atoms with van der Waals surface area (Å²) in [4.78, 5) is 26.6. The number of anilines is 1. The molecule has 1 aliphatic heterocycles. The molecule has 3 amide bonds. The summed E-state index contributed by atoms with van der Waals surface area (Å²) in [5.74, 6) is -0.335. The largest absolute Gasteiger partial charge is 0.369 e. The van der Waals surface area contributed by atoms with Gasteiger partial charge in [0.25, 0.3) is 0 Å². The highest BCUT2D eigenvalue weighted by Gasteiger charge is 2.21. The SMILES string of the molecule is NC(=O)CN1CCN(C(=O)Nc2ccc(Br)cc2)CC1. The molecule has 0 bridgehead atoms. The minimum absolute atomic E-state index is 0.119. The van der Waals surface area contributed by atoms with Gasteiger partial charge in [-0.2, -0.15) is 0 Å². The number of carbonyl (C=O) groups is 2. The fourth-order valence-corrected chi connectivity index (χ4v) is 2.33. The van der Waals surface area contributed by atoms with Crippen LogP contribution in [0.25, 0.3) is 0 Å². The van der Waals surface area contributed by atoms with Gasteiger partial charge in [-0.1, -0.05) is 15.9 Å². The fourth-order valence-electron chi connectivity index (χ4n) is 2.07. The number of piperazine rings is 1. The Morgan fingerprint density at radius 2 is 1.75 bits per heavy atom. The third kappa shape index (κ3) is 4.21. The highest BCUT2D eigenvalue weighted by molar-refractivity contribution is 9.10. The van der Waals surface area contributed by atoms with Gasteiger partial charge in [0.15, 0.2) is 0 Å². The topological polar surface area (TPSA) is 78.7 Å². The summed E-state index contributed by atoms with van der Waals surface area (Å²) in [6, 6.07) is 7.31. The van der Waals surface area contributed by atoms with Gasteiger partial charge in [-0.25, -0.2) is 4.79 Å². The predicted octanol–water partition coefficient (Wildman–Crippen LogP) is 1.08. The lowest BCUT2D eigenvalue weighted by atomic mass is 10.3. The van der Waals surface area contributed by atoms with E-state index in [9.17, 15) is 9.59 Å². The van der Waals surface area contributed by atoms with Crippen LogP contribution in [0.15, 0.2) is 28.7 Å². The molecule has 6 nitrogen and oxygen atoms in total. The molecule has 0 aliphatic carbocycles. The van der Waals surface area contributed by atoms with Crippen LogP contribution in [-0.2, 0) is 4.79 Å². The van der Waals surface area contributed by atoms with Crippen LogP contribution < -0.4 is 11.1 Å². The molecule has 1 aliphatic rings. The molecule has 0 aromatic heterocycles. The molecule has 0 unspecified atom stereocenters. The number of primary amides is 1. The number of nitrogens with zero attached hydrogens (tertiary/aromatic N) is 2. The lowest BCUT2D eigenvalue weighted by Gasteiger charge is -2.33. The molecule has 3 N–H and O–H groups in total. The zero-order valence-electron chi connectivity index (χ0n) is 11.0. The molecule has 108 valence electrons. The summed E-state index contributed by atoms with van der Waals surface area (Å²) in [6.07, 6.45) is 0. The number of hydrogen-bond acceptors (Lipinski definition) is 3. The van der Waals surface area contributed by atoms with Crippen molar-refractivity contribution < 1.29 is 9.59 Å². The van der Waals surface area contributed by atoms with Crippen molar-refractivity contribution in [3.63, 3.8) is 0 Å². The summed E-state index contributed by atoms with van der Waals surface area (Å²) in [6.45, 7) is 2.76. The molecule has 0 atom stereocenters. The number of carbonyl (C=O) groups excluding carboxylic acids is 2. The monoisotopic (exact) mass is 340 g/mol. The molecule has 0 saturated carbocycles. The highest BCUT2D eigenvalue weighted by Crippen LogP contribution is 2.15. The van der Waals surface area contributed by atoms with Crippen LogP contribution in [-0.4, -0.2) is 54.5 Å². The molecule has 1 heterocycles. The van der Waals surface area contributed by atoms with Gasteiger partial charge in [0, 0.05) is 36.3 Å². The summed E-state index contributed by atoms with van der Waals surface area (Å²) in [7, 11) is 0. The third-order valence-electron chi connectivity index (χ3n) is 3.13. The first-order valence-electron chi connectivity index (χ1n) is 6.37. The van der Waals surface area contributed by atoms with Crippen molar-refractivity contribution in [2.45, 2.75) is 0 Å². The minimum Gasteiger partial charge on any atom is -0.369 e. The summed E-state index contributed by atoms with van der Waals surface area (Å²) in [5, 5.41) is 2.85. The molecule has 20 heavy (non-hydrogen) atoms. The first-order chi connectivity index (χ1) is 9.54. The summed E-state index contributed by atoms with van der Waals surface area (Å²) in [5.41, 5.74) is 5.92. The first kappa shape index (κ1) is 14.8. The van der Waals surface area contributed by atoms with Crippen LogP contribution in [0.5, 0.6) is 0 Å². The molecule has 2 rings (SSSR count). The van der Waals surface area contributed by atoms with Crippen LogP contribution >= 0.6 is 15.9 Å². The van der Waals surface area contributed by atoms with Crippen molar-refractivity contribution in [1.29, 1.82) is 0 Å². The summed E-state index contributed by atoms with van der Waals surface area (Å²) < 4.78 is 0.968. The quantitative estimate of drug-likeness (QED) is 0.864. The highest BCUT2D eigenvalue weighted by atomic mass is 79.9. The van der Waals surface area contributed by atoms with E-state index in [0.29, 0.717) is 26.2 Å². The second kappa shape index (κ2) is 6.71. The van der Waals surface area contributed by atoms with Crippen molar-refractivity contribution >= 4 is 33.6 Å². The van der Waals surface area contributed by atoms with Gasteiger partial charge in [0.2, 0.25) is 5.91 Å². The molecule has 7 heteroatoms. The Morgan fingerprint density at radius 1 is 1.15 bits per heavy atom. The molecular weight excluding hydrogens is 324 g/mol. The maximum Gasteiger partial charge on any atom is 0.321 e. The van der Waals surface area contributed by atoms with Gasteiger partial charge in [-0.05, 0) is 24.3 Å². The van der Waals surface area contributed by atoms with Crippen molar-refractivity contribution in [3.05, 3.63) is 28.7 Å². The molecule has 1 aromatic carbocycles.